The minimum Gasteiger partial charge on any atom is -0.399 e. The molecule has 104 valence electrons. The fourth-order valence-electron chi connectivity index (χ4n) is 2.33. The van der Waals surface area contributed by atoms with Crippen molar-refractivity contribution in [1.82, 2.24) is 4.90 Å². The molecule has 2 N–H and O–H groups in total. The SMILES string of the molecule is CCN(Cc1ccc(N)cc1)C(=O)C1CCCCS1. The lowest BCUT2D eigenvalue weighted by molar-refractivity contribution is -0.131. The second kappa shape index (κ2) is 6.85. The summed E-state index contributed by atoms with van der Waals surface area (Å²) in [6, 6.07) is 7.78. The molecule has 0 aliphatic carbocycles. The van der Waals surface area contributed by atoms with Crippen LogP contribution in [0.5, 0.6) is 0 Å². The molecule has 0 aromatic heterocycles. The van der Waals surface area contributed by atoms with Gasteiger partial charge in [-0.1, -0.05) is 18.6 Å². The number of anilines is 1. The van der Waals surface area contributed by atoms with Gasteiger partial charge in [-0.2, -0.15) is 0 Å². The molecule has 1 aliphatic heterocycles. The highest BCUT2D eigenvalue weighted by atomic mass is 32.2. The summed E-state index contributed by atoms with van der Waals surface area (Å²) in [6.07, 6.45) is 3.46. The van der Waals surface area contributed by atoms with Gasteiger partial charge in [-0.05, 0) is 43.2 Å². The van der Waals surface area contributed by atoms with Crippen LogP contribution in [0.1, 0.15) is 31.7 Å². The van der Waals surface area contributed by atoms with Gasteiger partial charge in [0, 0.05) is 18.8 Å². The van der Waals surface area contributed by atoms with Crippen molar-refractivity contribution in [1.29, 1.82) is 0 Å². The molecular formula is C15H22N2OS. The lowest BCUT2D eigenvalue weighted by Gasteiger charge is -2.28. The number of rotatable bonds is 4. The average molecular weight is 278 g/mol. The van der Waals surface area contributed by atoms with Gasteiger partial charge in [0.15, 0.2) is 0 Å². The van der Waals surface area contributed by atoms with Gasteiger partial charge >= 0.3 is 0 Å². The number of carbonyl (C=O) groups excluding carboxylic acids is 1. The molecule has 1 aromatic rings. The lowest BCUT2D eigenvalue weighted by Crippen LogP contribution is -2.38. The molecule has 2 rings (SSSR count). The molecule has 1 heterocycles. The number of thioether (sulfide) groups is 1. The van der Waals surface area contributed by atoms with E-state index < -0.39 is 0 Å². The van der Waals surface area contributed by atoms with Crippen LogP contribution in [0, 0.1) is 0 Å². The Bertz CT molecular complexity index is 413. The Kier molecular flexibility index (Phi) is 5.14. The number of hydrogen-bond acceptors (Lipinski definition) is 3. The first kappa shape index (κ1) is 14.3. The monoisotopic (exact) mass is 278 g/mol. The molecule has 0 spiro atoms. The third kappa shape index (κ3) is 3.90. The van der Waals surface area contributed by atoms with Gasteiger partial charge in [-0.25, -0.2) is 0 Å². The minimum atomic E-state index is 0.169. The summed E-state index contributed by atoms with van der Waals surface area (Å²) in [7, 11) is 0. The first-order valence-electron chi connectivity index (χ1n) is 6.95. The van der Waals surface area contributed by atoms with Gasteiger partial charge in [0.1, 0.15) is 0 Å². The van der Waals surface area contributed by atoms with E-state index in [0.717, 1.165) is 30.0 Å². The smallest absolute Gasteiger partial charge is 0.235 e. The highest BCUT2D eigenvalue weighted by Gasteiger charge is 2.25. The molecule has 3 nitrogen and oxygen atoms in total. The van der Waals surface area contributed by atoms with Crippen LogP contribution in [-0.4, -0.2) is 28.4 Å². The Labute approximate surface area is 119 Å². The Morgan fingerprint density at radius 1 is 1.37 bits per heavy atom. The van der Waals surface area contributed by atoms with Crippen molar-refractivity contribution >= 4 is 23.4 Å². The molecule has 4 heteroatoms. The van der Waals surface area contributed by atoms with Crippen molar-refractivity contribution in [3.05, 3.63) is 29.8 Å². The molecule has 1 atom stereocenters. The van der Waals surface area contributed by atoms with Crippen molar-refractivity contribution in [3.8, 4) is 0 Å². The third-order valence-corrected chi connectivity index (χ3v) is 4.87. The maximum Gasteiger partial charge on any atom is 0.235 e. The molecular weight excluding hydrogens is 256 g/mol. The van der Waals surface area contributed by atoms with Gasteiger partial charge in [0.25, 0.3) is 0 Å². The summed E-state index contributed by atoms with van der Waals surface area (Å²) in [5.74, 6) is 1.42. The molecule has 1 saturated heterocycles. The first-order valence-corrected chi connectivity index (χ1v) is 8.00. The Morgan fingerprint density at radius 2 is 2.11 bits per heavy atom. The Morgan fingerprint density at radius 3 is 2.68 bits per heavy atom. The summed E-state index contributed by atoms with van der Waals surface area (Å²) in [5.41, 5.74) is 7.59. The number of nitrogen functional groups attached to an aromatic ring is 1. The van der Waals surface area contributed by atoms with Crippen molar-refractivity contribution in [2.75, 3.05) is 18.0 Å². The fourth-order valence-corrected chi connectivity index (χ4v) is 3.61. The topological polar surface area (TPSA) is 46.3 Å². The van der Waals surface area contributed by atoms with E-state index in [4.69, 9.17) is 5.73 Å². The van der Waals surface area contributed by atoms with Gasteiger partial charge < -0.3 is 10.6 Å². The standard InChI is InChI=1S/C15H22N2OS/c1-2-17(11-12-6-8-13(16)9-7-12)15(18)14-5-3-4-10-19-14/h6-9,14H,2-5,10-11,16H2,1H3. The molecule has 1 aliphatic rings. The van der Waals surface area contributed by atoms with Crippen molar-refractivity contribution in [2.45, 2.75) is 38.0 Å². The van der Waals surface area contributed by atoms with Gasteiger partial charge in [-0.3, -0.25) is 4.79 Å². The summed E-state index contributed by atoms with van der Waals surface area (Å²) >= 11 is 1.82. The van der Waals surface area contributed by atoms with E-state index in [0.29, 0.717) is 12.5 Å². The molecule has 0 radical (unpaired) electrons. The maximum absolute atomic E-state index is 12.5. The predicted molar refractivity (Wildman–Crippen MR) is 82.0 cm³/mol. The number of nitrogens with zero attached hydrogens (tertiary/aromatic N) is 1. The lowest BCUT2D eigenvalue weighted by atomic mass is 10.1. The Hall–Kier alpha value is -1.16. The summed E-state index contributed by atoms with van der Waals surface area (Å²) in [5, 5.41) is 0.169. The second-order valence-electron chi connectivity index (χ2n) is 4.95. The van der Waals surface area contributed by atoms with Gasteiger partial charge in [-0.15, -0.1) is 11.8 Å². The number of carbonyl (C=O) groups is 1. The molecule has 1 aromatic carbocycles. The highest BCUT2D eigenvalue weighted by Crippen LogP contribution is 2.27. The Balaban J connectivity index is 1.98. The number of nitrogens with two attached hydrogens (primary N) is 1. The van der Waals surface area contributed by atoms with E-state index in [9.17, 15) is 4.79 Å². The number of hydrogen-bond donors (Lipinski definition) is 1. The van der Waals surface area contributed by atoms with Crippen molar-refractivity contribution in [3.63, 3.8) is 0 Å². The van der Waals surface area contributed by atoms with E-state index in [-0.39, 0.29) is 5.25 Å². The quantitative estimate of drug-likeness (QED) is 0.861. The zero-order valence-electron chi connectivity index (χ0n) is 11.5. The normalized spacial score (nSPS) is 19.1. The van der Waals surface area contributed by atoms with E-state index in [1.807, 2.05) is 47.9 Å². The summed E-state index contributed by atoms with van der Waals surface area (Å²) in [6.45, 7) is 3.50. The van der Waals surface area contributed by atoms with Crippen LogP contribution >= 0.6 is 11.8 Å². The fraction of sp³-hybridized carbons (Fsp3) is 0.533. The predicted octanol–water partition coefficient (Wildman–Crippen LogP) is 2.90. The van der Waals surface area contributed by atoms with Crippen molar-refractivity contribution in [2.24, 2.45) is 0 Å². The minimum absolute atomic E-state index is 0.169. The van der Waals surface area contributed by atoms with E-state index in [2.05, 4.69) is 0 Å². The average Bonchev–Trinajstić information content (AvgIpc) is 2.47. The second-order valence-corrected chi connectivity index (χ2v) is 6.26. The van der Waals surface area contributed by atoms with Crippen LogP contribution in [0.15, 0.2) is 24.3 Å². The third-order valence-electron chi connectivity index (χ3n) is 3.50. The molecule has 0 saturated carbocycles. The largest absolute Gasteiger partial charge is 0.399 e. The van der Waals surface area contributed by atoms with E-state index >= 15 is 0 Å². The molecule has 1 amide bonds. The van der Waals surface area contributed by atoms with Crippen LogP contribution in [0.25, 0.3) is 0 Å². The van der Waals surface area contributed by atoms with Crippen LogP contribution < -0.4 is 5.73 Å². The highest BCUT2D eigenvalue weighted by molar-refractivity contribution is 8.00. The molecule has 19 heavy (non-hydrogen) atoms. The number of amides is 1. The number of benzene rings is 1. The summed E-state index contributed by atoms with van der Waals surface area (Å²) in [4.78, 5) is 14.4. The van der Waals surface area contributed by atoms with Crippen molar-refractivity contribution < 1.29 is 4.79 Å². The van der Waals surface area contributed by atoms with Crippen LogP contribution in [0.4, 0.5) is 5.69 Å². The first-order chi connectivity index (χ1) is 9.20. The molecule has 1 fully saturated rings. The van der Waals surface area contributed by atoms with E-state index in [1.165, 1.54) is 12.8 Å². The zero-order chi connectivity index (χ0) is 13.7. The molecule has 0 bridgehead atoms. The van der Waals surface area contributed by atoms with E-state index in [1.54, 1.807) is 0 Å². The van der Waals surface area contributed by atoms with Crippen LogP contribution in [0.3, 0.4) is 0 Å². The van der Waals surface area contributed by atoms with Gasteiger partial charge in [0.2, 0.25) is 5.91 Å². The zero-order valence-corrected chi connectivity index (χ0v) is 12.3. The summed E-state index contributed by atoms with van der Waals surface area (Å²) < 4.78 is 0. The maximum atomic E-state index is 12.5. The van der Waals surface area contributed by atoms with Crippen LogP contribution in [-0.2, 0) is 11.3 Å². The van der Waals surface area contributed by atoms with Crippen LogP contribution in [0.2, 0.25) is 0 Å². The molecule has 1 unspecified atom stereocenters. The van der Waals surface area contributed by atoms with Gasteiger partial charge in [0.05, 0.1) is 5.25 Å².